The van der Waals surface area contributed by atoms with E-state index in [-0.39, 0.29) is 11.4 Å². The van der Waals surface area contributed by atoms with Crippen molar-refractivity contribution in [2.24, 2.45) is 0 Å². The van der Waals surface area contributed by atoms with Crippen molar-refractivity contribution < 1.29 is 19.0 Å². The molecule has 1 amide bonds. The maximum absolute atomic E-state index is 12.6. The zero-order valence-corrected chi connectivity index (χ0v) is 18.3. The first-order valence-electron chi connectivity index (χ1n) is 9.39. The molecule has 0 aliphatic heterocycles. The van der Waals surface area contributed by atoms with E-state index in [0.717, 1.165) is 5.56 Å². The van der Waals surface area contributed by atoms with Gasteiger partial charge in [-0.25, -0.2) is 0 Å². The topological polar surface area (TPSA) is 91.7 Å². The number of rotatable bonds is 7. The number of carbonyl (C=O) groups is 1. The highest BCUT2D eigenvalue weighted by Gasteiger charge is 2.18. The van der Waals surface area contributed by atoms with Crippen molar-refractivity contribution in [2.45, 2.75) is 20.0 Å². The van der Waals surface area contributed by atoms with E-state index in [9.17, 15) is 9.59 Å². The fourth-order valence-electron chi connectivity index (χ4n) is 2.83. The predicted octanol–water partition coefficient (Wildman–Crippen LogP) is 3.62. The fourth-order valence-corrected chi connectivity index (χ4v) is 3.00. The summed E-state index contributed by atoms with van der Waals surface area (Å²) in [6, 6.07) is 12.9. The smallest absolute Gasteiger partial charge is 0.271 e. The summed E-state index contributed by atoms with van der Waals surface area (Å²) in [6.45, 7) is 3.42. The Morgan fingerprint density at radius 2 is 1.81 bits per heavy atom. The number of hydrogen-bond acceptors (Lipinski definition) is 6. The number of halogens is 1. The van der Waals surface area contributed by atoms with Crippen molar-refractivity contribution in [3.05, 3.63) is 69.5 Å². The van der Waals surface area contributed by atoms with Crippen LogP contribution in [-0.4, -0.2) is 36.0 Å². The minimum atomic E-state index is -0.882. The molecule has 0 unspecified atom stereocenters. The van der Waals surface area contributed by atoms with Gasteiger partial charge in [-0.05, 0) is 43.7 Å². The van der Waals surface area contributed by atoms with E-state index < -0.39 is 12.0 Å². The lowest BCUT2D eigenvalue weighted by Crippen LogP contribution is -2.31. The second-order valence-electron chi connectivity index (χ2n) is 6.67. The van der Waals surface area contributed by atoms with Gasteiger partial charge in [-0.1, -0.05) is 17.7 Å². The second-order valence-corrected chi connectivity index (χ2v) is 7.11. The van der Waals surface area contributed by atoms with Crippen LogP contribution in [0.1, 0.15) is 12.5 Å². The van der Waals surface area contributed by atoms with Crippen LogP contribution in [0.15, 0.2) is 53.3 Å². The number of nitrogens with zero attached hydrogens (tertiary/aromatic N) is 2. The van der Waals surface area contributed by atoms with Crippen LogP contribution in [0.3, 0.4) is 0 Å². The molecular formula is C22H22ClN3O5. The van der Waals surface area contributed by atoms with Crippen LogP contribution in [0.4, 0.5) is 5.69 Å². The van der Waals surface area contributed by atoms with Gasteiger partial charge in [0, 0.05) is 28.9 Å². The van der Waals surface area contributed by atoms with Gasteiger partial charge < -0.3 is 19.5 Å². The van der Waals surface area contributed by atoms with Gasteiger partial charge in [0.15, 0.2) is 17.6 Å². The zero-order chi connectivity index (χ0) is 22.5. The molecular weight excluding hydrogens is 422 g/mol. The molecule has 31 heavy (non-hydrogen) atoms. The van der Waals surface area contributed by atoms with E-state index in [1.165, 1.54) is 31.0 Å². The molecule has 3 aromatic rings. The van der Waals surface area contributed by atoms with Gasteiger partial charge in [-0.15, -0.1) is 5.10 Å². The molecule has 0 spiro atoms. The average Bonchev–Trinajstić information content (AvgIpc) is 2.76. The largest absolute Gasteiger partial charge is 0.493 e. The monoisotopic (exact) mass is 443 g/mol. The summed E-state index contributed by atoms with van der Waals surface area (Å²) < 4.78 is 17.3. The molecule has 3 rings (SSSR count). The molecule has 1 aromatic heterocycles. The van der Waals surface area contributed by atoms with Crippen molar-refractivity contribution in [3.63, 3.8) is 0 Å². The standard InChI is InChI=1S/C22H22ClN3O5/c1-13-5-6-15(23)11-17(13)26-21(27)10-9-20(25-26)31-14(2)22(28)24-16-7-8-18(29-3)19(12-16)30-4/h5-12,14H,1-4H3,(H,24,28)/t14-/m0/s1. The van der Waals surface area contributed by atoms with Crippen LogP contribution in [0, 0.1) is 6.92 Å². The summed E-state index contributed by atoms with van der Waals surface area (Å²) in [5.74, 6) is 0.756. The van der Waals surface area contributed by atoms with Gasteiger partial charge >= 0.3 is 0 Å². The number of aryl methyl sites for hydroxylation is 1. The molecule has 1 atom stereocenters. The maximum Gasteiger partial charge on any atom is 0.271 e. The molecule has 2 aromatic carbocycles. The number of carbonyl (C=O) groups excluding carboxylic acids is 1. The summed E-state index contributed by atoms with van der Waals surface area (Å²) in [7, 11) is 3.04. The van der Waals surface area contributed by atoms with E-state index in [2.05, 4.69) is 10.4 Å². The van der Waals surface area contributed by atoms with Crippen molar-refractivity contribution in [3.8, 4) is 23.1 Å². The van der Waals surface area contributed by atoms with Crippen LogP contribution in [0.2, 0.25) is 5.02 Å². The molecule has 0 saturated carbocycles. The third-order valence-electron chi connectivity index (χ3n) is 4.49. The molecule has 0 bridgehead atoms. The summed E-state index contributed by atoms with van der Waals surface area (Å²) in [5.41, 5.74) is 1.52. The summed E-state index contributed by atoms with van der Waals surface area (Å²) >= 11 is 6.06. The SMILES string of the molecule is COc1ccc(NC(=O)[C@H](C)Oc2ccc(=O)n(-c3cc(Cl)ccc3C)n2)cc1OC. The van der Waals surface area contributed by atoms with Gasteiger partial charge in [0.2, 0.25) is 5.88 Å². The van der Waals surface area contributed by atoms with E-state index in [4.69, 9.17) is 25.8 Å². The third kappa shape index (κ3) is 5.16. The number of aromatic nitrogens is 2. The molecule has 1 N–H and O–H groups in total. The predicted molar refractivity (Wildman–Crippen MR) is 118 cm³/mol. The first-order chi connectivity index (χ1) is 14.8. The highest BCUT2D eigenvalue weighted by molar-refractivity contribution is 6.30. The number of methoxy groups -OCH3 is 2. The fraction of sp³-hybridized carbons (Fsp3) is 0.227. The Kier molecular flexibility index (Phi) is 6.81. The molecule has 0 aliphatic rings. The summed E-state index contributed by atoms with van der Waals surface area (Å²) in [4.78, 5) is 24.9. The number of benzene rings is 2. The van der Waals surface area contributed by atoms with E-state index in [1.807, 2.05) is 6.92 Å². The third-order valence-corrected chi connectivity index (χ3v) is 4.73. The lowest BCUT2D eigenvalue weighted by Gasteiger charge is -2.16. The lowest BCUT2D eigenvalue weighted by atomic mass is 10.2. The Balaban J connectivity index is 1.77. The van der Waals surface area contributed by atoms with E-state index in [1.54, 1.807) is 43.3 Å². The highest BCUT2D eigenvalue weighted by atomic mass is 35.5. The highest BCUT2D eigenvalue weighted by Crippen LogP contribution is 2.29. The average molecular weight is 444 g/mol. The minimum absolute atomic E-state index is 0.119. The Morgan fingerprint density at radius 1 is 1.06 bits per heavy atom. The van der Waals surface area contributed by atoms with Gasteiger partial charge in [-0.2, -0.15) is 4.68 Å². The number of amides is 1. The van der Waals surface area contributed by atoms with Crippen molar-refractivity contribution in [2.75, 3.05) is 19.5 Å². The Labute approximate surface area is 184 Å². The molecule has 162 valence electrons. The van der Waals surface area contributed by atoms with Gasteiger partial charge in [-0.3, -0.25) is 9.59 Å². The van der Waals surface area contributed by atoms with Crippen molar-refractivity contribution >= 4 is 23.2 Å². The molecule has 8 nitrogen and oxygen atoms in total. The summed E-state index contributed by atoms with van der Waals surface area (Å²) in [6.07, 6.45) is -0.882. The minimum Gasteiger partial charge on any atom is -0.493 e. The van der Waals surface area contributed by atoms with Gasteiger partial charge in [0.25, 0.3) is 11.5 Å². The van der Waals surface area contributed by atoms with Gasteiger partial charge in [0.1, 0.15) is 0 Å². The molecule has 0 radical (unpaired) electrons. The number of hydrogen-bond donors (Lipinski definition) is 1. The van der Waals surface area contributed by atoms with Crippen LogP contribution >= 0.6 is 11.6 Å². The molecule has 9 heteroatoms. The van der Waals surface area contributed by atoms with Gasteiger partial charge in [0.05, 0.1) is 19.9 Å². The van der Waals surface area contributed by atoms with Crippen molar-refractivity contribution in [1.82, 2.24) is 9.78 Å². The second kappa shape index (κ2) is 9.53. The number of nitrogens with one attached hydrogen (secondary N) is 1. The normalized spacial score (nSPS) is 11.5. The number of anilines is 1. The quantitative estimate of drug-likeness (QED) is 0.599. The Hall–Kier alpha value is -3.52. The first-order valence-corrected chi connectivity index (χ1v) is 9.76. The van der Waals surface area contributed by atoms with Crippen LogP contribution in [-0.2, 0) is 4.79 Å². The Morgan fingerprint density at radius 3 is 2.52 bits per heavy atom. The molecule has 0 aliphatic carbocycles. The van der Waals surface area contributed by atoms with Crippen LogP contribution < -0.4 is 25.1 Å². The molecule has 1 heterocycles. The zero-order valence-electron chi connectivity index (χ0n) is 17.5. The molecule has 0 saturated heterocycles. The van der Waals surface area contributed by atoms with Crippen molar-refractivity contribution in [1.29, 1.82) is 0 Å². The van der Waals surface area contributed by atoms with Crippen LogP contribution in [0.5, 0.6) is 17.4 Å². The van der Waals surface area contributed by atoms with E-state index in [0.29, 0.717) is 27.9 Å². The maximum atomic E-state index is 12.6. The first kappa shape index (κ1) is 22.2. The Bertz CT molecular complexity index is 1160. The molecule has 0 fully saturated rings. The number of ether oxygens (including phenoxy) is 3. The van der Waals surface area contributed by atoms with E-state index >= 15 is 0 Å². The lowest BCUT2D eigenvalue weighted by molar-refractivity contribution is -0.122. The summed E-state index contributed by atoms with van der Waals surface area (Å²) in [5, 5.41) is 7.45. The van der Waals surface area contributed by atoms with Crippen LogP contribution in [0.25, 0.3) is 5.69 Å².